The molecular weight excluding hydrogens is 555 g/mol. The van der Waals surface area contributed by atoms with Gasteiger partial charge in [0.25, 0.3) is 5.91 Å². The molecule has 0 spiro atoms. The summed E-state index contributed by atoms with van der Waals surface area (Å²) in [6, 6.07) is 10.5. The van der Waals surface area contributed by atoms with Gasteiger partial charge in [0.15, 0.2) is 17.5 Å². The van der Waals surface area contributed by atoms with Gasteiger partial charge in [-0.3, -0.25) is 9.78 Å². The highest BCUT2D eigenvalue weighted by molar-refractivity contribution is 5.94. The first kappa shape index (κ1) is 28.0. The van der Waals surface area contributed by atoms with Gasteiger partial charge >= 0.3 is 0 Å². The van der Waals surface area contributed by atoms with Gasteiger partial charge < -0.3 is 15.6 Å². The number of carbonyl (C=O) groups excluding carboxylic acids is 1. The van der Waals surface area contributed by atoms with E-state index in [1.54, 1.807) is 36.7 Å². The van der Waals surface area contributed by atoms with Crippen molar-refractivity contribution in [2.75, 3.05) is 5.32 Å². The van der Waals surface area contributed by atoms with Crippen molar-refractivity contribution < 1.29 is 18.0 Å². The Morgan fingerprint density at radius 1 is 0.902 bits per heavy atom. The fourth-order valence-corrected chi connectivity index (χ4v) is 5.04. The molecule has 210 valence electrons. The number of aromatic amines is 1. The number of hydrogen-bond donors (Lipinski definition) is 3. The summed E-state index contributed by atoms with van der Waals surface area (Å²) in [6.07, 6.45) is 8.27. The molecule has 1 aromatic carbocycles. The van der Waals surface area contributed by atoms with Crippen molar-refractivity contribution in [1.29, 1.82) is 0 Å². The van der Waals surface area contributed by atoms with Crippen molar-refractivity contribution in [2.24, 2.45) is 0 Å². The molecule has 5 aromatic rings. The minimum absolute atomic E-state index is 0. The average Bonchev–Trinajstić information content (AvgIpc) is 3.38. The Balaban J connectivity index is 0.00000337. The SMILES string of the molecule is Cl.O=C(N[C@@H]1CCC[C@H](Nc2nc(-c3c[nH]c4ncc(F)cc34)ncc2F)C1)c1cc(-c2ccc(F)cc2)ccn1. The van der Waals surface area contributed by atoms with Gasteiger partial charge in [0.1, 0.15) is 23.0 Å². The number of hydrogen-bond acceptors (Lipinski definition) is 6. The summed E-state index contributed by atoms with van der Waals surface area (Å²) in [5.41, 5.74) is 2.77. The first-order valence-electron chi connectivity index (χ1n) is 12.9. The lowest BCUT2D eigenvalue weighted by Crippen LogP contribution is -2.42. The van der Waals surface area contributed by atoms with E-state index in [9.17, 15) is 18.0 Å². The van der Waals surface area contributed by atoms with Crippen LogP contribution in [0.1, 0.15) is 36.2 Å². The second-order valence-electron chi connectivity index (χ2n) is 9.76. The summed E-state index contributed by atoms with van der Waals surface area (Å²) < 4.78 is 41.8. The van der Waals surface area contributed by atoms with Gasteiger partial charge in [-0.2, -0.15) is 0 Å². The summed E-state index contributed by atoms with van der Waals surface area (Å²) in [7, 11) is 0. The molecule has 1 aliphatic rings. The maximum Gasteiger partial charge on any atom is 0.270 e. The lowest BCUT2D eigenvalue weighted by molar-refractivity contribution is 0.0921. The maximum absolute atomic E-state index is 14.7. The first-order valence-corrected chi connectivity index (χ1v) is 12.9. The van der Waals surface area contributed by atoms with Crippen LogP contribution < -0.4 is 10.6 Å². The normalized spacial score (nSPS) is 16.7. The van der Waals surface area contributed by atoms with Gasteiger partial charge in [0, 0.05) is 35.4 Å². The van der Waals surface area contributed by atoms with Crippen LogP contribution in [0.2, 0.25) is 0 Å². The van der Waals surface area contributed by atoms with Crippen LogP contribution in [0.25, 0.3) is 33.5 Å². The predicted octanol–water partition coefficient (Wildman–Crippen LogP) is 6.07. The number of amides is 1. The summed E-state index contributed by atoms with van der Waals surface area (Å²) in [6.45, 7) is 0. The molecule has 0 aliphatic heterocycles. The second-order valence-corrected chi connectivity index (χ2v) is 9.76. The molecule has 41 heavy (non-hydrogen) atoms. The lowest BCUT2D eigenvalue weighted by atomic mass is 9.90. The maximum atomic E-state index is 14.7. The highest BCUT2D eigenvalue weighted by Crippen LogP contribution is 2.28. The van der Waals surface area contributed by atoms with E-state index in [0.29, 0.717) is 23.0 Å². The highest BCUT2D eigenvalue weighted by atomic mass is 35.5. The Hall–Kier alpha value is -4.51. The third-order valence-electron chi connectivity index (χ3n) is 7.00. The Morgan fingerprint density at radius 3 is 2.54 bits per heavy atom. The molecule has 0 saturated heterocycles. The monoisotopic (exact) mass is 579 g/mol. The minimum atomic E-state index is -0.610. The number of pyridine rings is 2. The Labute approximate surface area is 239 Å². The van der Waals surface area contributed by atoms with Gasteiger partial charge in [-0.05, 0) is 67.1 Å². The zero-order valence-corrected chi connectivity index (χ0v) is 22.4. The summed E-state index contributed by atoms with van der Waals surface area (Å²) in [5.74, 6) is -1.49. The number of aromatic nitrogens is 5. The van der Waals surface area contributed by atoms with Crippen LogP contribution >= 0.6 is 12.4 Å². The van der Waals surface area contributed by atoms with Gasteiger partial charge in [-0.25, -0.2) is 28.1 Å². The van der Waals surface area contributed by atoms with Crippen molar-refractivity contribution in [1.82, 2.24) is 30.2 Å². The van der Waals surface area contributed by atoms with Crippen molar-refractivity contribution in [2.45, 2.75) is 37.8 Å². The molecule has 4 heterocycles. The van der Waals surface area contributed by atoms with Crippen molar-refractivity contribution >= 4 is 35.2 Å². The van der Waals surface area contributed by atoms with E-state index in [-0.39, 0.29) is 53.6 Å². The second kappa shape index (κ2) is 11.9. The average molecular weight is 580 g/mol. The molecule has 0 bridgehead atoms. The van der Waals surface area contributed by atoms with Crippen LogP contribution in [0.5, 0.6) is 0 Å². The number of halogens is 4. The third kappa shape index (κ3) is 6.14. The van der Waals surface area contributed by atoms with E-state index in [0.717, 1.165) is 42.8 Å². The first-order chi connectivity index (χ1) is 19.4. The van der Waals surface area contributed by atoms with Crippen LogP contribution in [0.3, 0.4) is 0 Å². The number of H-pyrrole nitrogens is 1. The summed E-state index contributed by atoms with van der Waals surface area (Å²) in [4.78, 5) is 32.6. The molecule has 3 N–H and O–H groups in total. The smallest absolute Gasteiger partial charge is 0.270 e. The van der Waals surface area contributed by atoms with E-state index in [2.05, 4.69) is 35.6 Å². The van der Waals surface area contributed by atoms with Crippen molar-refractivity contribution in [3.05, 3.63) is 90.4 Å². The number of anilines is 1. The van der Waals surface area contributed by atoms with Gasteiger partial charge in [0.2, 0.25) is 0 Å². The van der Waals surface area contributed by atoms with E-state index in [1.807, 2.05) is 0 Å². The zero-order valence-electron chi connectivity index (χ0n) is 21.6. The van der Waals surface area contributed by atoms with Crippen LogP contribution in [0, 0.1) is 17.5 Å². The topological polar surface area (TPSA) is 108 Å². The molecule has 4 aromatic heterocycles. The van der Waals surface area contributed by atoms with Crippen LogP contribution in [-0.2, 0) is 0 Å². The number of benzene rings is 1. The van der Waals surface area contributed by atoms with E-state index < -0.39 is 11.6 Å². The molecule has 1 amide bonds. The van der Waals surface area contributed by atoms with Gasteiger partial charge in [0.05, 0.1) is 12.4 Å². The fraction of sp³-hybridized carbons (Fsp3) is 0.207. The molecule has 1 aliphatic carbocycles. The Morgan fingerprint density at radius 2 is 1.71 bits per heavy atom. The van der Waals surface area contributed by atoms with Crippen LogP contribution in [0.4, 0.5) is 19.0 Å². The summed E-state index contributed by atoms with van der Waals surface area (Å²) >= 11 is 0. The van der Waals surface area contributed by atoms with Crippen molar-refractivity contribution in [3.8, 4) is 22.5 Å². The number of fused-ring (bicyclic) bond motifs is 1. The fourth-order valence-electron chi connectivity index (χ4n) is 5.04. The molecule has 0 radical (unpaired) electrons. The zero-order chi connectivity index (χ0) is 27.6. The predicted molar refractivity (Wildman–Crippen MR) is 151 cm³/mol. The molecule has 0 unspecified atom stereocenters. The van der Waals surface area contributed by atoms with Gasteiger partial charge in [-0.15, -0.1) is 12.4 Å². The van der Waals surface area contributed by atoms with E-state index in [1.165, 1.54) is 18.2 Å². The molecule has 2 atom stereocenters. The number of nitrogens with zero attached hydrogens (tertiary/aromatic N) is 4. The minimum Gasteiger partial charge on any atom is -0.365 e. The number of nitrogens with one attached hydrogen (secondary N) is 3. The van der Waals surface area contributed by atoms with Crippen molar-refractivity contribution in [3.63, 3.8) is 0 Å². The quantitative estimate of drug-likeness (QED) is 0.225. The molecular formula is C29H25ClF3N7O. The van der Waals surface area contributed by atoms with Gasteiger partial charge in [-0.1, -0.05) is 12.1 Å². The molecule has 12 heteroatoms. The Bertz CT molecular complexity index is 1700. The molecule has 1 saturated carbocycles. The Kier molecular flexibility index (Phi) is 8.16. The summed E-state index contributed by atoms with van der Waals surface area (Å²) in [5, 5.41) is 6.70. The standard InChI is InChI=1S/C29H24F3N7O.ClH/c30-18-6-4-16(5-7-18)17-8-9-33-25(10-17)29(40)38-21-3-1-2-20(12-21)37-28-24(32)15-36-27(39-28)23-14-35-26-22(23)11-19(31)13-34-26;/h4-11,13-15,20-21H,1-3,12H2,(H,34,35)(H,38,40)(H,36,37,39);1H/t20-,21+;/m0./s1. The van der Waals surface area contributed by atoms with Crippen LogP contribution in [-0.4, -0.2) is 42.9 Å². The third-order valence-corrected chi connectivity index (χ3v) is 7.00. The lowest BCUT2D eigenvalue weighted by Gasteiger charge is -2.30. The number of rotatable bonds is 6. The molecule has 6 rings (SSSR count). The van der Waals surface area contributed by atoms with Crippen LogP contribution in [0.15, 0.2) is 67.3 Å². The molecule has 1 fully saturated rings. The highest BCUT2D eigenvalue weighted by Gasteiger charge is 2.25. The largest absolute Gasteiger partial charge is 0.365 e. The molecule has 8 nitrogen and oxygen atoms in total. The number of carbonyl (C=O) groups is 1. The van der Waals surface area contributed by atoms with E-state index >= 15 is 0 Å². The van der Waals surface area contributed by atoms with E-state index in [4.69, 9.17) is 0 Å².